The number of pyridine rings is 1. The number of amides is 2. The molecule has 0 atom stereocenters. The molecule has 2 amide bonds. The summed E-state index contributed by atoms with van der Waals surface area (Å²) in [6.07, 6.45) is 0. The zero-order valence-electron chi connectivity index (χ0n) is 17.4. The van der Waals surface area contributed by atoms with Crippen LogP contribution in [0.2, 0.25) is 0 Å². The van der Waals surface area contributed by atoms with Crippen LogP contribution in [-0.4, -0.2) is 59.8 Å². The number of benzene rings is 2. The van der Waals surface area contributed by atoms with Gasteiger partial charge in [-0.1, -0.05) is 35.3 Å². The van der Waals surface area contributed by atoms with Gasteiger partial charge in [0.15, 0.2) is 4.84 Å². The molecule has 3 aromatic rings. The fourth-order valence-electron chi connectivity index (χ4n) is 3.70. The Morgan fingerprint density at radius 1 is 1.03 bits per heavy atom. The van der Waals surface area contributed by atoms with Crippen molar-refractivity contribution in [1.82, 2.24) is 9.88 Å². The lowest BCUT2D eigenvalue weighted by atomic mass is 10.1. The average Bonchev–Trinajstić information content (AvgIpc) is 2.83. The second-order valence-electron chi connectivity index (χ2n) is 7.34. The number of nitrogens with zero attached hydrogens (tertiary/aromatic N) is 3. The first-order chi connectivity index (χ1) is 15.5. The van der Waals surface area contributed by atoms with E-state index < -0.39 is 10.7 Å². The van der Waals surface area contributed by atoms with Crippen LogP contribution < -0.4 is 15.0 Å². The molecule has 1 N–H and O–H groups in total. The molecule has 9 heteroatoms. The number of para-hydroxylation sites is 1. The number of alkyl halides is 2. The Labute approximate surface area is 195 Å². The third-order valence-electron chi connectivity index (χ3n) is 5.38. The maximum Gasteiger partial charge on any atom is 0.272 e. The van der Waals surface area contributed by atoms with Crippen LogP contribution in [0.3, 0.4) is 0 Å². The fraction of sp³-hybridized carbons (Fsp3) is 0.261. The second kappa shape index (κ2) is 9.63. The lowest BCUT2D eigenvalue weighted by Gasteiger charge is -2.36. The Kier molecular flexibility index (Phi) is 6.67. The van der Waals surface area contributed by atoms with Gasteiger partial charge in [-0.05, 0) is 36.4 Å². The largest absolute Gasteiger partial charge is 0.496 e. The van der Waals surface area contributed by atoms with Crippen molar-refractivity contribution in [2.24, 2.45) is 0 Å². The van der Waals surface area contributed by atoms with Crippen molar-refractivity contribution in [1.29, 1.82) is 0 Å². The van der Waals surface area contributed by atoms with Gasteiger partial charge in [0.1, 0.15) is 11.4 Å². The van der Waals surface area contributed by atoms with Crippen LogP contribution in [0.1, 0.15) is 10.5 Å². The lowest BCUT2D eigenvalue weighted by molar-refractivity contribution is -0.114. The maximum absolute atomic E-state index is 13.1. The number of methoxy groups -OCH3 is 1. The zero-order chi connectivity index (χ0) is 22.7. The van der Waals surface area contributed by atoms with Gasteiger partial charge in [0.05, 0.1) is 12.6 Å². The van der Waals surface area contributed by atoms with E-state index in [1.165, 1.54) is 0 Å². The van der Waals surface area contributed by atoms with Crippen molar-refractivity contribution in [3.63, 3.8) is 0 Å². The number of fused-ring (bicyclic) bond motifs is 1. The van der Waals surface area contributed by atoms with Crippen LogP contribution in [0.5, 0.6) is 5.75 Å². The van der Waals surface area contributed by atoms with Crippen molar-refractivity contribution < 1.29 is 14.3 Å². The van der Waals surface area contributed by atoms with Crippen LogP contribution in [0.25, 0.3) is 10.9 Å². The number of halogens is 2. The van der Waals surface area contributed by atoms with Crippen molar-refractivity contribution in [2.75, 3.05) is 43.5 Å². The lowest BCUT2D eigenvalue weighted by Crippen LogP contribution is -2.49. The van der Waals surface area contributed by atoms with Crippen molar-refractivity contribution in [2.45, 2.75) is 4.84 Å². The van der Waals surface area contributed by atoms with Crippen LogP contribution in [0.4, 0.5) is 11.4 Å². The zero-order valence-corrected chi connectivity index (χ0v) is 18.9. The van der Waals surface area contributed by atoms with Gasteiger partial charge in [0.2, 0.25) is 0 Å². The number of ether oxygens (including phenoxy) is 1. The molecule has 0 unspecified atom stereocenters. The molecular weight excluding hydrogens is 451 g/mol. The van der Waals surface area contributed by atoms with Crippen molar-refractivity contribution >= 4 is 57.3 Å². The fourth-order valence-corrected chi connectivity index (χ4v) is 3.81. The summed E-state index contributed by atoms with van der Waals surface area (Å²) < 4.78 is 5.47. The number of hydrogen-bond acceptors (Lipinski definition) is 5. The number of carbonyl (C=O) groups is 2. The Balaban J connectivity index is 1.41. The molecule has 0 bridgehead atoms. The standard InChI is InChI=1S/C23H22Cl2N4O3/c1-32-20-14-19(27-18-5-3-2-4-17(18)20)23(31)29-12-10-28(11-13-29)16-8-6-15(7-9-16)26-22(30)21(24)25/h2-9,14,21H,10-13H2,1H3,(H,26,30). The number of aromatic nitrogens is 1. The molecule has 0 spiro atoms. The minimum Gasteiger partial charge on any atom is -0.496 e. The van der Waals surface area contributed by atoms with Crippen molar-refractivity contribution in [3.8, 4) is 5.75 Å². The second-order valence-corrected chi connectivity index (χ2v) is 8.44. The molecule has 0 radical (unpaired) electrons. The first kappa shape index (κ1) is 22.2. The van der Waals surface area contributed by atoms with Gasteiger partial charge in [0.25, 0.3) is 11.8 Å². The molecule has 0 saturated carbocycles. The quantitative estimate of drug-likeness (QED) is 0.569. The molecule has 2 heterocycles. The van der Waals surface area contributed by atoms with Crippen molar-refractivity contribution in [3.05, 3.63) is 60.3 Å². The van der Waals surface area contributed by atoms with E-state index in [4.69, 9.17) is 27.9 Å². The summed E-state index contributed by atoms with van der Waals surface area (Å²) in [5.41, 5.74) is 2.74. The van der Waals surface area contributed by atoms with Gasteiger partial charge in [-0.25, -0.2) is 4.98 Å². The summed E-state index contributed by atoms with van der Waals surface area (Å²) in [5, 5.41) is 3.52. The van der Waals surface area contributed by atoms with E-state index in [9.17, 15) is 9.59 Å². The number of piperazine rings is 1. The Hall–Kier alpha value is -3.03. The molecule has 0 aliphatic carbocycles. The van der Waals surface area contributed by atoms with Gasteiger partial charge in [-0.3, -0.25) is 9.59 Å². The van der Waals surface area contributed by atoms with Crippen LogP contribution in [0, 0.1) is 0 Å². The van der Waals surface area contributed by atoms with E-state index in [0.29, 0.717) is 43.3 Å². The highest BCUT2D eigenvalue weighted by Gasteiger charge is 2.24. The number of carbonyl (C=O) groups excluding carboxylic acids is 2. The Bertz CT molecular complexity index is 1130. The van der Waals surface area contributed by atoms with Crippen LogP contribution in [-0.2, 0) is 4.79 Å². The molecule has 1 aromatic heterocycles. The SMILES string of the molecule is COc1cc(C(=O)N2CCN(c3ccc(NC(=O)C(Cl)Cl)cc3)CC2)nc2ccccc12. The highest BCUT2D eigenvalue weighted by atomic mass is 35.5. The summed E-state index contributed by atoms with van der Waals surface area (Å²) in [4.78, 5) is 32.1. The Morgan fingerprint density at radius 3 is 2.38 bits per heavy atom. The minimum atomic E-state index is -1.11. The molecule has 4 rings (SSSR count). The first-order valence-corrected chi connectivity index (χ1v) is 11.0. The van der Waals surface area contributed by atoms with Gasteiger partial charge in [-0.2, -0.15) is 0 Å². The molecular formula is C23H22Cl2N4O3. The summed E-state index contributed by atoms with van der Waals surface area (Å²) in [6.45, 7) is 2.53. The molecule has 2 aromatic carbocycles. The predicted octanol–water partition coefficient (Wildman–Crippen LogP) is 3.95. The van der Waals surface area contributed by atoms with Gasteiger partial charge in [-0.15, -0.1) is 0 Å². The van der Waals surface area contributed by atoms with E-state index in [1.807, 2.05) is 41.3 Å². The molecule has 1 fully saturated rings. The normalized spacial score (nSPS) is 14.0. The number of hydrogen-bond donors (Lipinski definition) is 1. The summed E-state index contributed by atoms with van der Waals surface area (Å²) in [5.74, 6) is 0.0648. The molecule has 1 aliphatic rings. The number of rotatable bonds is 5. The topological polar surface area (TPSA) is 74.8 Å². The molecule has 1 saturated heterocycles. The third-order valence-corrected chi connectivity index (χ3v) is 5.78. The summed E-state index contributed by atoms with van der Waals surface area (Å²) in [7, 11) is 1.59. The molecule has 32 heavy (non-hydrogen) atoms. The van der Waals surface area contributed by atoms with E-state index in [0.717, 1.165) is 16.6 Å². The predicted molar refractivity (Wildman–Crippen MR) is 127 cm³/mol. The van der Waals surface area contributed by atoms with E-state index in [-0.39, 0.29) is 5.91 Å². The van der Waals surface area contributed by atoms with Crippen LogP contribution >= 0.6 is 23.2 Å². The smallest absolute Gasteiger partial charge is 0.272 e. The summed E-state index contributed by atoms with van der Waals surface area (Å²) in [6, 6.07) is 16.7. The van der Waals surface area contributed by atoms with Gasteiger partial charge in [0, 0.05) is 49.0 Å². The third kappa shape index (κ3) is 4.74. The maximum atomic E-state index is 13.1. The van der Waals surface area contributed by atoms with E-state index >= 15 is 0 Å². The van der Waals surface area contributed by atoms with Gasteiger partial charge >= 0.3 is 0 Å². The summed E-state index contributed by atoms with van der Waals surface area (Å²) >= 11 is 11.1. The first-order valence-electron chi connectivity index (χ1n) is 10.1. The highest BCUT2D eigenvalue weighted by molar-refractivity contribution is 6.54. The molecule has 7 nitrogen and oxygen atoms in total. The highest BCUT2D eigenvalue weighted by Crippen LogP contribution is 2.26. The number of nitrogens with one attached hydrogen (secondary N) is 1. The van der Waals surface area contributed by atoms with E-state index in [2.05, 4.69) is 15.2 Å². The molecule has 1 aliphatic heterocycles. The monoisotopic (exact) mass is 472 g/mol. The number of anilines is 2. The average molecular weight is 473 g/mol. The molecule has 166 valence electrons. The minimum absolute atomic E-state index is 0.108. The van der Waals surface area contributed by atoms with E-state index in [1.54, 1.807) is 25.3 Å². The Morgan fingerprint density at radius 2 is 1.72 bits per heavy atom. The van der Waals surface area contributed by atoms with Gasteiger partial charge < -0.3 is 19.9 Å². The van der Waals surface area contributed by atoms with Crippen LogP contribution in [0.15, 0.2) is 54.6 Å².